The summed E-state index contributed by atoms with van der Waals surface area (Å²) >= 11 is 0. The molecule has 15 heavy (non-hydrogen) atoms. The monoisotopic (exact) mass is 201 g/mol. The molecular weight excluding hydrogens is 180 g/mol. The van der Waals surface area contributed by atoms with E-state index in [0.717, 1.165) is 0 Å². The van der Waals surface area contributed by atoms with Crippen molar-refractivity contribution < 1.29 is 0 Å². The van der Waals surface area contributed by atoms with Crippen LogP contribution in [0, 0.1) is 16.9 Å². The smallest absolute Gasteiger partial charge is 0.00992 e. The van der Waals surface area contributed by atoms with Crippen LogP contribution in [0.3, 0.4) is 0 Å². The molecule has 0 nitrogen and oxygen atoms in total. The van der Waals surface area contributed by atoms with Crippen LogP contribution in [0.1, 0.15) is 52.0 Å². The van der Waals surface area contributed by atoms with Gasteiger partial charge in [-0.05, 0) is 41.2 Å². The van der Waals surface area contributed by atoms with E-state index < -0.39 is 0 Å². The zero-order valence-corrected chi connectivity index (χ0v) is 10.3. The Balaban J connectivity index is 2.31. The highest BCUT2D eigenvalue weighted by molar-refractivity contribution is 5.23. The minimum absolute atomic E-state index is 0.418. The van der Waals surface area contributed by atoms with Gasteiger partial charge in [-0.25, -0.2) is 0 Å². The number of benzene rings is 1. The Morgan fingerprint density at radius 1 is 1.20 bits per heavy atom. The van der Waals surface area contributed by atoms with E-state index in [1.165, 1.54) is 18.4 Å². The van der Waals surface area contributed by atoms with E-state index in [-0.39, 0.29) is 0 Å². The standard InChI is InChI=1S/C15H21/c1-14(2)10-13(15(3,4)11-14)12-8-6-5-7-9-12/h5-8,13H,10-11H2,1-4H3. The highest BCUT2D eigenvalue weighted by atomic mass is 14.5. The van der Waals surface area contributed by atoms with Crippen molar-refractivity contribution in [3.05, 3.63) is 35.9 Å². The third-order valence-electron chi connectivity index (χ3n) is 3.74. The molecule has 1 atom stereocenters. The molecule has 0 heteroatoms. The van der Waals surface area contributed by atoms with Gasteiger partial charge in [0, 0.05) is 0 Å². The van der Waals surface area contributed by atoms with Crippen molar-refractivity contribution >= 4 is 0 Å². The van der Waals surface area contributed by atoms with Crippen molar-refractivity contribution in [1.29, 1.82) is 0 Å². The fourth-order valence-electron chi connectivity index (χ4n) is 3.41. The highest BCUT2D eigenvalue weighted by Gasteiger charge is 2.44. The van der Waals surface area contributed by atoms with Crippen LogP contribution >= 0.6 is 0 Å². The normalized spacial score (nSPS) is 27.9. The average molecular weight is 201 g/mol. The van der Waals surface area contributed by atoms with Crippen molar-refractivity contribution in [1.82, 2.24) is 0 Å². The van der Waals surface area contributed by atoms with Crippen molar-refractivity contribution in [2.24, 2.45) is 10.8 Å². The summed E-state index contributed by atoms with van der Waals surface area (Å²) in [4.78, 5) is 0. The van der Waals surface area contributed by atoms with Crippen LogP contribution in [-0.2, 0) is 0 Å². The fourth-order valence-corrected chi connectivity index (χ4v) is 3.41. The second-order valence-electron chi connectivity index (χ2n) is 6.40. The Kier molecular flexibility index (Phi) is 2.41. The first kappa shape index (κ1) is 10.7. The van der Waals surface area contributed by atoms with Crippen molar-refractivity contribution in [2.45, 2.75) is 46.5 Å². The molecule has 0 spiro atoms. The van der Waals surface area contributed by atoms with E-state index in [4.69, 9.17) is 0 Å². The van der Waals surface area contributed by atoms with Crippen LogP contribution < -0.4 is 0 Å². The molecule has 1 aliphatic rings. The van der Waals surface area contributed by atoms with Crippen LogP contribution in [0.2, 0.25) is 0 Å². The van der Waals surface area contributed by atoms with Crippen LogP contribution in [0.4, 0.5) is 0 Å². The predicted molar refractivity (Wildman–Crippen MR) is 64.8 cm³/mol. The Morgan fingerprint density at radius 2 is 1.93 bits per heavy atom. The zero-order chi connectivity index (χ0) is 11.1. The lowest BCUT2D eigenvalue weighted by molar-refractivity contribution is 0.292. The summed E-state index contributed by atoms with van der Waals surface area (Å²) in [6.45, 7) is 9.57. The molecule has 1 radical (unpaired) electrons. The molecule has 0 amide bonds. The second kappa shape index (κ2) is 3.37. The van der Waals surface area contributed by atoms with Crippen LogP contribution in [0.25, 0.3) is 0 Å². The predicted octanol–water partition coefficient (Wildman–Crippen LogP) is 4.42. The number of hydrogen-bond donors (Lipinski definition) is 0. The number of hydrogen-bond acceptors (Lipinski definition) is 0. The summed E-state index contributed by atoms with van der Waals surface area (Å²) < 4.78 is 0. The Hall–Kier alpha value is -0.780. The minimum atomic E-state index is 0.418. The van der Waals surface area contributed by atoms with Crippen LogP contribution in [0.5, 0.6) is 0 Å². The summed E-state index contributed by atoms with van der Waals surface area (Å²) in [5, 5.41) is 0. The van der Waals surface area contributed by atoms with Gasteiger partial charge in [-0.2, -0.15) is 0 Å². The van der Waals surface area contributed by atoms with Gasteiger partial charge in [-0.3, -0.25) is 0 Å². The number of rotatable bonds is 1. The molecule has 0 bridgehead atoms. The third-order valence-corrected chi connectivity index (χ3v) is 3.74. The van der Waals surface area contributed by atoms with E-state index in [1.54, 1.807) is 0 Å². The molecule has 2 rings (SSSR count). The van der Waals surface area contributed by atoms with Gasteiger partial charge < -0.3 is 0 Å². The van der Waals surface area contributed by atoms with E-state index >= 15 is 0 Å². The molecule has 1 saturated carbocycles. The molecule has 0 saturated heterocycles. The van der Waals surface area contributed by atoms with Crippen LogP contribution in [-0.4, -0.2) is 0 Å². The molecule has 1 fully saturated rings. The summed E-state index contributed by atoms with van der Waals surface area (Å²) in [5.74, 6) is 0.675. The lowest BCUT2D eigenvalue weighted by Crippen LogP contribution is -2.15. The fraction of sp³-hybridized carbons (Fsp3) is 0.600. The second-order valence-corrected chi connectivity index (χ2v) is 6.40. The van der Waals surface area contributed by atoms with Gasteiger partial charge in [0.1, 0.15) is 0 Å². The van der Waals surface area contributed by atoms with E-state index in [1.807, 2.05) is 6.07 Å². The third kappa shape index (κ3) is 2.09. The minimum Gasteiger partial charge on any atom is -0.0619 e. The largest absolute Gasteiger partial charge is 0.0619 e. The average Bonchev–Trinajstić information content (AvgIpc) is 2.36. The van der Waals surface area contributed by atoms with E-state index in [9.17, 15) is 0 Å². The summed E-state index contributed by atoms with van der Waals surface area (Å²) in [7, 11) is 0. The molecule has 0 heterocycles. The topological polar surface area (TPSA) is 0 Å². The summed E-state index contributed by atoms with van der Waals surface area (Å²) in [5.41, 5.74) is 2.30. The molecule has 1 aromatic rings. The van der Waals surface area contributed by atoms with Gasteiger partial charge in [-0.15, -0.1) is 0 Å². The van der Waals surface area contributed by atoms with Crippen LogP contribution in [0.15, 0.2) is 24.3 Å². The molecule has 0 aliphatic heterocycles. The lowest BCUT2D eigenvalue weighted by atomic mass is 9.78. The molecule has 81 valence electrons. The maximum Gasteiger partial charge on any atom is -0.00992 e. The molecule has 1 aliphatic carbocycles. The first-order valence-electron chi connectivity index (χ1n) is 5.87. The lowest BCUT2D eigenvalue weighted by Gasteiger charge is -2.27. The quantitative estimate of drug-likeness (QED) is 0.631. The van der Waals surface area contributed by atoms with E-state index in [0.29, 0.717) is 16.7 Å². The molecular formula is C15H21. The maximum atomic E-state index is 3.40. The molecule has 0 N–H and O–H groups in total. The first-order valence-corrected chi connectivity index (χ1v) is 5.87. The summed E-state index contributed by atoms with van der Waals surface area (Å²) in [6.07, 6.45) is 2.61. The summed E-state index contributed by atoms with van der Waals surface area (Å²) in [6, 6.07) is 11.9. The van der Waals surface area contributed by atoms with Gasteiger partial charge in [-0.1, -0.05) is 52.0 Å². The Bertz CT molecular complexity index is 332. The molecule has 1 unspecified atom stereocenters. The van der Waals surface area contributed by atoms with Crippen molar-refractivity contribution in [2.75, 3.05) is 0 Å². The maximum absolute atomic E-state index is 3.40. The molecule has 0 aromatic heterocycles. The SMILES string of the molecule is CC1(C)CC(c2[c]cccc2)C(C)(C)C1. The van der Waals surface area contributed by atoms with Gasteiger partial charge >= 0.3 is 0 Å². The molecule has 1 aromatic carbocycles. The zero-order valence-electron chi connectivity index (χ0n) is 10.3. The van der Waals surface area contributed by atoms with E-state index in [2.05, 4.69) is 52.0 Å². The van der Waals surface area contributed by atoms with Gasteiger partial charge in [0.25, 0.3) is 0 Å². The highest BCUT2D eigenvalue weighted by Crippen LogP contribution is 2.56. The Labute approximate surface area is 93.7 Å². The van der Waals surface area contributed by atoms with Gasteiger partial charge in [0.05, 0.1) is 0 Å². The van der Waals surface area contributed by atoms with Crippen molar-refractivity contribution in [3.8, 4) is 0 Å². The van der Waals surface area contributed by atoms with Gasteiger partial charge in [0.2, 0.25) is 0 Å². The van der Waals surface area contributed by atoms with Gasteiger partial charge in [0.15, 0.2) is 0 Å². The van der Waals surface area contributed by atoms with Crippen molar-refractivity contribution in [3.63, 3.8) is 0 Å². The first-order chi connectivity index (χ1) is 6.91. The Morgan fingerprint density at radius 3 is 2.40 bits per heavy atom.